The van der Waals surface area contributed by atoms with Crippen LogP contribution < -0.4 is 0 Å². The number of aliphatic carboxylic acids is 1. The molecule has 0 saturated carbocycles. The Kier molecular flexibility index (Phi) is 7.43. The molecule has 9 heteroatoms. The van der Waals surface area contributed by atoms with Crippen molar-refractivity contribution in [2.45, 2.75) is 24.8 Å². The minimum atomic E-state index is -3.92. The van der Waals surface area contributed by atoms with Crippen LogP contribution in [0.1, 0.15) is 13.8 Å². The maximum absolute atomic E-state index is 12.2. The van der Waals surface area contributed by atoms with Crippen LogP contribution in [0.3, 0.4) is 0 Å². The Morgan fingerprint density at radius 2 is 1.79 bits per heavy atom. The lowest BCUT2D eigenvalue weighted by atomic mass is 10.2. The Labute approximate surface area is 144 Å². The van der Waals surface area contributed by atoms with Crippen molar-refractivity contribution in [3.05, 3.63) is 30.3 Å². The van der Waals surface area contributed by atoms with Crippen LogP contribution in [0, 0.1) is 5.92 Å². The predicted octanol–water partition coefficient (Wildman–Crippen LogP) is 1.37. The average Bonchev–Trinajstić information content (AvgIpc) is 2.52. The van der Waals surface area contributed by atoms with E-state index in [1.165, 1.54) is 38.1 Å². The van der Waals surface area contributed by atoms with Gasteiger partial charge in [0.2, 0.25) is 6.10 Å². The topological polar surface area (TPSA) is 115 Å². The van der Waals surface area contributed by atoms with E-state index >= 15 is 0 Å². The number of hydrogen-bond acceptors (Lipinski definition) is 7. The highest BCUT2D eigenvalue weighted by atomic mass is 32.2. The molecule has 0 fully saturated rings. The minimum absolute atomic E-state index is 0.0486. The van der Waals surface area contributed by atoms with Gasteiger partial charge < -0.3 is 9.84 Å². The zero-order valence-electron chi connectivity index (χ0n) is 13.2. The fraction of sp³-hybridized carbons (Fsp3) is 0.400. The molecule has 24 heavy (non-hydrogen) atoms. The minimum Gasteiger partial charge on any atom is -0.478 e. The largest absolute Gasteiger partial charge is 0.478 e. The van der Waals surface area contributed by atoms with Crippen LogP contribution in [0.2, 0.25) is 0 Å². The summed E-state index contributed by atoms with van der Waals surface area (Å²) in [6.07, 6.45) is -1.81. The Hall–Kier alpha value is -1.87. The van der Waals surface area contributed by atoms with Gasteiger partial charge in [-0.05, 0) is 12.1 Å². The second-order valence-electron chi connectivity index (χ2n) is 5.06. The van der Waals surface area contributed by atoms with Gasteiger partial charge in [0.15, 0.2) is 15.0 Å². The van der Waals surface area contributed by atoms with Crippen molar-refractivity contribution in [3.8, 4) is 0 Å². The van der Waals surface area contributed by atoms with E-state index < -0.39 is 39.6 Å². The standard InChI is InChI=1S/C15H18O7S2/c1-10(8-23-11(2)16)15(19)22-13(14(17)18)9-24(20,21)12-6-4-3-5-7-12/h3-7,10,13H,8-9H2,1-2H3,(H,17,18)/t10-,13+/m1/s1. The number of rotatable bonds is 8. The molecule has 0 radical (unpaired) electrons. The predicted molar refractivity (Wildman–Crippen MR) is 88.3 cm³/mol. The Morgan fingerprint density at radius 1 is 1.21 bits per heavy atom. The molecular weight excluding hydrogens is 356 g/mol. The van der Waals surface area contributed by atoms with Crippen molar-refractivity contribution >= 4 is 38.7 Å². The van der Waals surface area contributed by atoms with Gasteiger partial charge in [0.1, 0.15) is 5.75 Å². The van der Waals surface area contributed by atoms with Crippen LogP contribution in [0.4, 0.5) is 0 Å². The summed E-state index contributed by atoms with van der Waals surface area (Å²) in [5.41, 5.74) is 0. The zero-order valence-corrected chi connectivity index (χ0v) is 14.8. The van der Waals surface area contributed by atoms with Gasteiger partial charge in [-0.1, -0.05) is 36.9 Å². The summed E-state index contributed by atoms with van der Waals surface area (Å²) in [5.74, 6) is -3.87. The van der Waals surface area contributed by atoms with Crippen LogP contribution in [-0.2, 0) is 29.0 Å². The summed E-state index contributed by atoms with van der Waals surface area (Å²) in [6, 6.07) is 7.32. The third-order valence-electron chi connectivity index (χ3n) is 2.95. The molecule has 0 unspecified atom stereocenters. The molecule has 0 aliphatic rings. The summed E-state index contributed by atoms with van der Waals surface area (Å²) in [4.78, 5) is 34.0. The van der Waals surface area contributed by atoms with E-state index in [1.54, 1.807) is 6.07 Å². The molecule has 0 amide bonds. The summed E-state index contributed by atoms with van der Waals surface area (Å²) in [7, 11) is -3.92. The fourth-order valence-electron chi connectivity index (χ4n) is 1.65. The molecule has 0 aliphatic heterocycles. The van der Waals surface area contributed by atoms with Gasteiger partial charge in [-0.15, -0.1) is 0 Å². The van der Waals surface area contributed by atoms with Crippen LogP contribution in [0.25, 0.3) is 0 Å². The number of carboxylic acid groups (broad SMARTS) is 1. The van der Waals surface area contributed by atoms with E-state index in [2.05, 4.69) is 0 Å². The highest BCUT2D eigenvalue weighted by Crippen LogP contribution is 2.15. The lowest BCUT2D eigenvalue weighted by Gasteiger charge is -2.17. The molecule has 2 atom stereocenters. The van der Waals surface area contributed by atoms with E-state index in [0.717, 1.165) is 11.8 Å². The molecule has 1 aromatic rings. The lowest BCUT2D eigenvalue weighted by molar-refractivity contribution is -0.164. The van der Waals surface area contributed by atoms with Crippen molar-refractivity contribution in [1.82, 2.24) is 0 Å². The molecule has 0 saturated heterocycles. The van der Waals surface area contributed by atoms with Crippen molar-refractivity contribution in [2.24, 2.45) is 5.92 Å². The van der Waals surface area contributed by atoms with E-state index in [0.29, 0.717) is 0 Å². The smallest absolute Gasteiger partial charge is 0.346 e. The number of hydrogen-bond donors (Lipinski definition) is 1. The van der Waals surface area contributed by atoms with Gasteiger partial charge in [0.05, 0.1) is 10.8 Å². The lowest BCUT2D eigenvalue weighted by Crippen LogP contribution is -2.36. The van der Waals surface area contributed by atoms with Gasteiger partial charge >= 0.3 is 11.9 Å². The van der Waals surface area contributed by atoms with E-state index in [4.69, 9.17) is 9.84 Å². The maximum atomic E-state index is 12.2. The van der Waals surface area contributed by atoms with Crippen LogP contribution in [-0.4, -0.2) is 48.2 Å². The first-order valence-electron chi connectivity index (χ1n) is 6.98. The maximum Gasteiger partial charge on any atom is 0.346 e. The number of ether oxygens (including phenoxy) is 1. The number of carboxylic acids is 1. The van der Waals surface area contributed by atoms with E-state index in [1.807, 2.05) is 0 Å². The molecule has 0 aliphatic carbocycles. The quantitative estimate of drug-likeness (QED) is 0.679. The monoisotopic (exact) mass is 374 g/mol. The number of benzene rings is 1. The molecule has 0 heterocycles. The summed E-state index contributed by atoms with van der Waals surface area (Å²) in [6.45, 7) is 2.82. The molecule has 0 spiro atoms. The summed E-state index contributed by atoms with van der Waals surface area (Å²) < 4.78 is 29.2. The average molecular weight is 374 g/mol. The number of sulfone groups is 1. The highest BCUT2D eigenvalue weighted by Gasteiger charge is 2.31. The van der Waals surface area contributed by atoms with E-state index in [-0.39, 0.29) is 15.8 Å². The highest BCUT2D eigenvalue weighted by molar-refractivity contribution is 8.13. The third-order valence-corrected chi connectivity index (χ3v) is 5.75. The molecule has 7 nitrogen and oxygen atoms in total. The Bertz CT molecular complexity index is 698. The Balaban J connectivity index is 2.79. The molecule has 0 aromatic heterocycles. The van der Waals surface area contributed by atoms with E-state index in [9.17, 15) is 22.8 Å². The first kappa shape index (κ1) is 20.2. The van der Waals surface area contributed by atoms with Crippen LogP contribution in [0.15, 0.2) is 35.2 Å². The number of esters is 1. The second-order valence-corrected chi connectivity index (χ2v) is 8.29. The summed E-state index contributed by atoms with van der Waals surface area (Å²) >= 11 is 0.908. The third kappa shape index (κ3) is 6.32. The van der Waals surface area contributed by atoms with Crippen LogP contribution >= 0.6 is 11.8 Å². The molecule has 132 valence electrons. The van der Waals surface area contributed by atoms with Gasteiger partial charge in [-0.25, -0.2) is 13.2 Å². The zero-order chi connectivity index (χ0) is 18.3. The van der Waals surface area contributed by atoms with Gasteiger partial charge in [-0.3, -0.25) is 9.59 Å². The fourth-order valence-corrected chi connectivity index (χ4v) is 3.64. The first-order valence-corrected chi connectivity index (χ1v) is 9.61. The van der Waals surface area contributed by atoms with Gasteiger partial charge in [-0.2, -0.15) is 0 Å². The molecule has 0 bridgehead atoms. The first-order chi connectivity index (χ1) is 11.1. The Morgan fingerprint density at radius 3 is 2.29 bits per heavy atom. The van der Waals surface area contributed by atoms with Gasteiger partial charge in [0.25, 0.3) is 0 Å². The molecule has 1 rings (SSSR count). The SMILES string of the molecule is CC(=O)SC[C@@H](C)C(=O)O[C@@H](CS(=O)(=O)c1ccccc1)C(=O)O. The normalized spacial score (nSPS) is 13.8. The number of carbonyl (C=O) groups is 3. The number of thioether (sulfide) groups is 1. The van der Waals surface area contributed by atoms with Crippen molar-refractivity contribution < 1.29 is 32.6 Å². The number of carbonyl (C=O) groups excluding carboxylic acids is 2. The van der Waals surface area contributed by atoms with Crippen molar-refractivity contribution in [3.63, 3.8) is 0 Å². The van der Waals surface area contributed by atoms with Crippen molar-refractivity contribution in [2.75, 3.05) is 11.5 Å². The molecule has 1 N–H and O–H groups in total. The molecular formula is C15H18O7S2. The van der Waals surface area contributed by atoms with Crippen LogP contribution in [0.5, 0.6) is 0 Å². The van der Waals surface area contributed by atoms with Gasteiger partial charge in [0, 0.05) is 12.7 Å². The molecule has 1 aromatic carbocycles. The summed E-state index contributed by atoms with van der Waals surface area (Å²) in [5, 5.41) is 8.95. The van der Waals surface area contributed by atoms with Crippen molar-refractivity contribution in [1.29, 1.82) is 0 Å². The second kappa shape index (κ2) is 8.84.